The Balaban J connectivity index is 1.73. The summed E-state index contributed by atoms with van der Waals surface area (Å²) in [6.07, 6.45) is 2.25. The number of H-pyrrole nitrogens is 1. The third kappa shape index (κ3) is 3.24. The van der Waals surface area contributed by atoms with Crippen molar-refractivity contribution in [3.05, 3.63) is 51.3 Å². The first-order chi connectivity index (χ1) is 10.7. The molecule has 22 heavy (non-hydrogen) atoms. The molecule has 1 amide bonds. The summed E-state index contributed by atoms with van der Waals surface area (Å²) in [4.78, 5) is 16.6. The van der Waals surface area contributed by atoms with Gasteiger partial charge in [-0.05, 0) is 46.3 Å². The molecule has 3 rings (SSSR count). The van der Waals surface area contributed by atoms with Gasteiger partial charge >= 0.3 is 0 Å². The van der Waals surface area contributed by atoms with E-state index in [-0.39, 0.29) is 11.8 Å². The second-order valence-electron chi connectivity index (χ2n) is 5.07. The van der Waals surface area contributed by atoms with Crippen molar-refractivity contribution in [2.24, 2.45) is 5.73 Å². The molecule has 6 heteroatoms. The number of fused-ring (bicyclic) bond motifs is 1. The minimum Gasteiger partial charge on any atom is -0.361 e. The monoisotopic (exact) mass is 377 g/mol. The van der Waals surface area contributed by atoms with E-state index in [1.54, 1.807) is 11.3 Å². The van der Waals surface area contributed by atoms with Crippen molar-refractivity contribution in [3.63, 3.8) is 0 Å². The van der Waals surface area contributed by atoms with Gasteiger partial charge in [-0.3, -0.25) is 4.79 Å². The SMILES string of the molecule is NCC(CC(=O)Nc1cccc2[nH]ccc12)c1ccc(Br)s1. The number of hydrogen-bond acceptors (Lipinski definition) is 3. The molecule has 2 heterocycles. The van der Waals surface area contributed by atoms with Crippen molar-refractivity contribution in [3.8, 4) is 0 Å². The van der Waals surface area contributed by atoms with E-state index in [1.807, 2.05) is 42.6 Å². The molecule has 0 aliphatic rings. The molecule has 2 aromatic heterocycles. The number of benzene rings is 1. The van der Waals surface area contributed by atoms with Gasteiger partial charge < -0.3 is 16.0 Å². The number of halogens is 1. The molecule has 4 nitrogen and oxygen atoms in total. The Morgan fingerprint density at radius 1 is 1.32 bits per heavy atom. The second kappa shape index (κ2) is 6.64. The Bertz CT molecular complexity index is 795. The summed E-state index contributed by atoms with van der Waals surface area (Å²) in [5.74, 6) is 0.0235. The lowest BCUT2D eigenvalue weighted by Gasteiger charge is -2.13. The van der Waals surface area contributed by atoms with Crippen LogP contribution in [0.4, 0.5) is 5.69 Å². The van der Waals surface area contributed by atoms with Crippen molar-refractivity contribution >= 4 is 49.8 Å². The number of carbonyl (C=O) groups is 1. The van der Waals surface area contributed by atoms with Gasteiger partial charge in [-0.15, -0.1) is 11.3 Å². The van der Waals surface area contributed by atoms with Crippen LogP contribution in [0, 0.1) is 0 Å². The number of aromatic nitrogens is 1. The van der Waals surface area contributed by atoms with E-state index in [2.05, 4.69) is 26.2 Å². The van der Waals surface area contributed by atoms with Crippen molar-refractivity contribution in [2.75, 3.05) is 11.9 Å². The van der Waals surface area contributed by atoms with Crippen LogP contribution in [0.15, 0.2) is 46.4 Å². The van der Waals surface area contributed by atoms with Crippen LogP contribution < -0.4 is 11.1 Å². The molecule has 3 aromatic rings. The summed E-state index contributed by atoms with van der Waals surface area (Å²) in [5, 5.41) is 4.00. The smallest absolute Gasteiger partial charge is 0.225 e. The Hall–Kier alpha value is -1.63. The Kier molecular flexibility index (Phi) is 4.61. The predicted molar refractivity (Wildman–Crippen MR) is 95.4 cm³/mol. The summed E-state index contributed by atoms with van der Waals surface area (Å²) < 4.78 is 1.05. The summed E-state index contributed by atoms with van der Waals surface area (Å²) in [6, 6.07) is 11.8. The van der Waals surface area contributed by atoms with Gasteiger partial charge in [0.15, 0.2) is 0 Å². The third-order valence-electron chi connectivity index (χ3n) is 3.58. The maximum absolute atomic E-state index is 12.3. The molecular weight excluding hydrogens is 362 g/mol. The molecule has 114 valence electrons. The number of nitrogens with one attached hydrogen (secondary N) is 2. The normalized spacial score (nSPS) is 12.5. The van der Waals surface area contributed by atoms with Gasteiger partial charge in [-0.25, -0.2) is 0 Å². The number of rotatable bonds is 5. The van der Waals surface area contributed by atoms with E-state index in [9.17, 15) is 4.79 Å². The largest absolute Gasteiger partial charge is 0.361 e. The molecule has 1 atom stereocenters. The highest BCUT2D eigenvalue weighted by Gasteiger charge is 2.17. The lowest BCUT2D eigenvalue weighted by atomic mass is 10.0. The molecule has 1 unspecified atom stereocenters. The molecule has 0 aliphatic heterocycles. The van der Waals surface area contributed by atoms with Gasteiger partial charge in [0.05, 0.1) is 9.47 Å². The van der Waals surface area contributed by atoms with Gasteiger partial charge in [0, 0.05) is 40.9 Å². The Morgan fingerprint density at radius 2 is 2.18 bits per heavy atom. The number of nitrogens with two attached hydrogens (primary N) is 1. The van der Waals surface area contributed by atoms with Gasteiger partial charge in [0.25, 0.3) is 0 Å². The van der Waals surface area contributed by atoms with Crippen LogP contribution in [0.2, 0.25) is 0 Å². The lowest BCUT2D eigenvalue weighted by molar-refractivity contribution is -0.116. The summed E-state index contributed by atoms with van der Waals surface area (Å²) in [5.41, 5.74) is 7.67. The first-order valence-corrected chi connectivity index (χ1v) is 8.59. The van der Waals surface area contributed by atoms with Crippen LogP contribution in [0.1, 0.15) is 17.2 Å². The van der Waals surface area contributed by atoms with Crippen molar-refractivity contribution in [2.45, 2.75) is 12.3 Å². The van der Waals surface area contributed by atoms with Crippen molar-refractivity contribution in [1.29, 1.82) is 0 Å². The molecule has 0 spiro atoms. The van der Waals surface area contributed by atoms with Gasteiger partial charge in [0.2, 0.25) is 5.91 Å². The molecule has 0 radical (unpaired) electrons. The average Bonchev–Trinajstić information content (AvgIpc) is 3.14. The van der Waals surface area contributed by atoms with Gasteiger partial charge in [-0.2, -0.15) is 0 Å². The quantitative estimate of drug-likeness (QED) is 0.627. The first-order valence-electron chi connectivity index (χ1n) is 6.98. The van der Waals surface area contributed by atoms with E-state index in [0.29, 0.717) is 13.0 Å². The predicted octanol–water partition coefficient (Wildman–Crippen LogP) is 4.06. The van der Waals surface area contributed by atoms with Crippen LogP contribution in [0.5, 0.6) is 0 Å². The fourth-order valence-electron chi connectivity index (χ4n) is 2.47. The number of aromatic amines is 1. The van der Waals surface area contributed by atoms with Crippen LogP contribution >= 0.6 is 27.3 Å². The maximum atomic E-state index is 12.3. The van der Waals surface area contributed by atoms with Gasteiger partial charge in [-0.1, -0.05) is 6.07 Å². The second-order valence-corrected chi connectivity index (χ2v) is 7.57. The molecule has 0 bridgehead atoms. The number of carbonyl (C=O) groups excluding carboxylic acids is 1. The standard InChI is InChI=1S/C16H16BrN3OS/c17-15-5-4-14(22-15)10(9-18)8-16(21)20-13-3-1-2-12-11(13)6-7-19-12/h1-7,10,19H,8-9,18H2,(H,20,21). The topological polar surface area (TPSA) is 70.9 Å². The highest BCUT2D eigenvalue weighted by Crippen LogP contribution is 2.30. The zero-order valence-corrected chi connectivity index (χ0v) is 14.2. The average molecular weight is 378 g/mol. The highest BCUT2D eigenvalue weighted by atomic mass is 79.9. The number of hydrogen-bond donors (Lipinski definition) is 3. The molecule has 4 N–H and O–H groups in total. The Morgan fingerprint density at radius 3 is 2.91 bits per heavy atom. The zero-order valence-electron chi connectivity index (χ0n) is 11.8. The molecule has 0 fully saturated rings. The van der Waals surface area contributed by atoms with Crippen LogP contribution in [-0.2, 0) is 4.79 Å². The van der Waals surface area contributed by atoms with E-state index >= 15 is 0 Å². The summed E-state index contributed by atoms with van der Waals surface area (Å²) in [7, 11) is 0. The van der Waals surface area contributed by atoms with E-state index < -0.39 is 0 Å². The van der Waals surface area contributed by atoms with Crippen LogP contribution in [0.3, 0.4) is 0 Å². The summed E-state index contributed by atoms with van der Waals surface area (Å²) in [6.45, 7) is 0.453. The number of anilines is 1. The highest BCUT2D eigenvalue weighted by molar-refractivity contribution is 9.11. The summed E-state index contributed by atoms with van der Waals surface area (Å²) >= 11 is 5.07. The van der Waals surface area contributed by atoms with Gasteiger partial charge in [0.1, 0.15) is 0 Å². The third-order valence-corrected chi connectivity index (χ3v) is 5.37. The fraction of sp³-hybridized carbons (Fsp3) is 0.188. The zero-order chi connectivity index (χ0) is 15.5. The number of thiophene rings is 1. The van der Waals surface area contributed by atoms with Crippen LogP contribution in [0.25, 0.3) is 10.9 Å². The van der Waals surface area contributed by atoms with Crippen molar-refractivity contribution < 1.29 is 4.79 Å². The Labute approximate surface area is 140 Å². The molecule has 1 aromatic carbocycles. The molecule has 0 saturated carbocycles. The maximum Gasteiger partial charge on any atom is 0.225 e. The van der Waals surface area contributed by atoms with Crippen molar-refractivity contribution in [1.82, 2.24) is 4.98 Å². The minimum absolute atomic E-state index is 0.0197. The first kappa shape index (κ1) is 15.3. The molecule has 0 saturated heterocycles. The molecular formula is C16H16BrN3OS. The number of amides is 1. The van der Waals surface area contributed by atoms with E-state index in [0.717, 1.165) is 25.3 Å². The van der Waals surface area contributed by atoms with E-state index in [4.69, 9.17) is 5.73 Å². The fourth-order valence-corrected chi connectivity index (χ4v) is 4.00. The van der Waals surface area contributed by atoms with Crippen LogP contribution in [-0.4, -0.2) is 17.4 Å². The minimum atomic E-state index is -0.0197. The lowest BCUT2D eigenvalue weighted by Crippen LogP contribution is -2.20. The molecule has 0 aliphatic carbocycles. The van der Waals surface area contributed by atoms with E-state index in [1.165, 1.54) is 0 Å².